The van der Waals surface area contributed by atoms with Crippen LogP contribution in [0.2, 0.25) is 0 Å². The van der Waals surface area contributed by atoms with Crippen molar-refractivity contribution in [3.05, 3.63) is 35.4 Å². The van der Waals surface area contributed by atoms with Crippen LogP contribution in [-0.4, -0.2) is 49.6 Å². The summed E-state index contributed by atoms with van der Waals surface area (Å²) in [6, 6.07) is 9.77. The number of nitrogens with two attached hydrogens (primary N) is 1. The molecule has 0 spiro atoms. The lowest BCUT2D eigenvalue weighted by atomic mass is 9.95. The standard InChI is InChI=1S/C18H31N3/c1-5-21(14(2)13-20(3)4)18(12-19)17-9-7-6-8-16(17)15-10-11-15/h6-9,14-15,18H,5,10-13,19H2,1-4H3. The molecule has 0 aromatic heterocycles. The zero-order chi connectivity index (χ0) is 15.4. The maximum absolute atomic E-state index is 6.18. The molecule has 0 radical (unpaired) electrons. The third kappa shape index (κ3) is 4.06. The molecule has 21 heavy (non-hydrogen) atoms. The molecule has 1 saturated carbocycles. The fourth-order valence-electron chi connectivity index (χ4n) is 3.49. The summed E-state index contributed by atoms with van der Waals surface area (Å²) in [7, 11) is 4.28. The lowest BCUT2D eigenvalue weighted by Crippen LogP contribution is -2.44. The van der Waals surface area contributed by atoms with E-state index < -0.39 is 0 Å². The second-order valence-corrected chi connectivity index (χ2v) is 6.60. The average molecular weight is 289 g/mol. The van der Waals surface area contributed by atoms with E-state index in [-0.39, 0.29) is 0 Å². The fourth-order valence-corrected chi connectivity index (χ4v) is 3.49. The summed E-state index contributed by atoms with van der Waals surface area (Å²) in [6.07, 6.45) is 2.68. The molecule has 2 unspecified atom stereocenters. The molecule has 0 heterocycles. The van der Waals surface area contributed by atoms with Crippen LogP contribution in [0.5, 0.6) is 0 Å². The summed E-state index contributed by atoms with van der Waals surface area (Å²) in [5.41, 5.74) is 9.17. The van der Waals surface area contributed by atoms with E-state index in [1.807, 2.05) is 0 Å². The van der Waals surface area contributed by atoms with Crippen LogP contribution in [0.25, 0.3) is 0 Å². The van der Waals surface area contributed by atoms with Gasteiger partial charge in [0.1, 0.15) is 0 Å². The molecule has 2 N–H and O–H groups in total. The van der Waals surface area contributed by atoms with Gasteiger partial charge in [0.05, 0.1) is 0 Å². The van der Waals surface area contributed by atoms with Crippen LogP contribution in [0.15, 0.2) is 24.3 Å². The van der Waals surface area contributed by atoms with E-state index in [1.165, 1.54) is 24.0 Å². The minimum Gasteiger partial charge on any atom is -0.329 e. The maximum Gasteiger partial charge on any atom is 0.0476 e. The topological polar surface area (TPSA) is 32.5 Å². The molecule has 0 aliphatic heterocycles. The summed E-state index contributed by atoms with van der Waals surface area (Å²) in [4.78, 5) is 4.81. The average Bonchev–Trinajstić information content (AvgIpc) is 3.28. The van der Waals surface area contributed by atoms with Gasteiger partial charge in [0, 0.05) is 25.2 Å². The Kier molecular flexibility index (Phi) is 5.80. The van der Waals surface area contributed by atoms with Gasteiger partial charge in [-0.15, -0.1) is 0 Å². The number of nitrogens with zero attached hydrogens (tertiary/aromatic N) is 2. The van der Waals surface area contributed by atoms with Crippen LogP contribution in [-0.2, 0) is 0 Å². The Balaban J connectivity index is 2.24. The predicted octanol–water partition coefficient (Wildman–Crippen LogP) is 2.84. The molecule has 118 valence electrons. The summed E-state index contributed by atoms with van der Waals surface area (Å²) in [5.74, 6) is 0.776. The third-order valence-corrected chi connectivity index (χ3v) is 4.56. The van der Waals surface area contributed by atoms with Crippen LogP contribution in [0.1, 0.15) is 49.8 Å². The first kappa shape index (κ1) is 16.5. The van der Waals surface area contributed by atoms with E-state index in [2.05, 4.69) is 62.0 Å². The van der Waals surface area contributed by atoms with Crippen LogP contribution < -0.4 is 5.73 Å². The van der Waals surface area contributed by atoms with E-state index in [4.69, 9.17) is 5.73 Å². The molecule has 0 amide bonds. The molecule has 0 bridgehead atoms. The van der Waals surface area contributed by atoms with Gasteiger partial charge < -0.3 is 10.6 Å². The smallest absolute Gasteiger partial charge is 0.0476 e. The Hall–Kier alpha value is -0.900. The van der Waals surface area contributed by atoms with Crippen molar-refractivity contribution in [2.24, 2.45) is 5.73 Å². The van der Waals surface area contributed by atoms with Gasteiger partial charge >= 0.3 is 0 Å². The van der Waals surface area contributed by atoms with Gasteiger partial charge in [0.15, 0.2) is 0 Å². The highest BCUT2D eigenvalue weighted by molar-refractivity contribution is 5.36. The SMILES string of the molecule is CCN(C(C)CN(C)C)C(CN)c1ccccc1C1CC1. The second kappa shape index (κ2) is 7.39. The van der Waals surface area contributed by atoms with Crippen molar-refractivity contribution in [3.63, 3.8) is 0 Å². The van der Waals surface area contributed by atoms with Crippen molar-refractivity contribution in [2.45, 2.75) is 44.7 Å². The highest BCUT2D eigenvalue weighted by Gasteiger charge is 2.30. The molecular formula is C18H31N3. The molecule has 2 rings (SSSR count). The van der Waals surface area contributed by atoms with Crippen molar-refractivity contribution in [1.29, 1.82) is 0 Å². The molecule has 3 heteroatoms. The van der Waals surface area contributed by atoms with E-state index in [0.717, 1.165) is 19.0 Å². The van der Waals surface area contributed by atoms with E-state index >= 15 is 0 Å². The predicted molar refractivity (Wildman–Crippen MR) is 90.6 cm³/mol. The first-order chi connectivity index (χ1) is 10.1. The van der Waals surface area contributed by atoms with Gasteiger partial charge in [0.2, 0.25) is 0 Å². The summed E-state index contributed by atoms with van der Waals surface area (Å²) in [5, 5.41) is 0. The largest absolute Gasteiger partial charge is 0.329 e. The van der Waals surface area contributed by atoms with Crippen LogP contribution in [0, 0.1) is 0 Å². The molecule has 3 nitrogen and oxygen atoms in total. The number of benzene rings is 1. The monoisotopic (exact) mass is 289 g/mol. The maximum atomic E-state index is 6.18. The van der Waals surface area contributed by atoms with Crippen LogP contribution in [0.4, 0.5) is 0 Å². The summed E-state index contributed by atoms with van der Waals surface area (Å²) >= 11 is 0. The van der Waals surface area contributed by atoms with Gasteiger partial charge in [-0.25, -0.2) is 0 Å². The quantitative estimate of drug-likeness (QED) is 0.799. The van der Waals surface area contributed by atoms with Crippen LogP contribution >= 0.6 is 0 Å². The van der Waals surface area contributed by atoms with Gasteiger partial charge in [-0.05, 0) is 57.5 Å². The van der Waals surface area contributed by atoms with Crippen molar-refractivity contribution in [2.75, 3.05) is 33.7 Å². The van der Waals surface area contributed by atoms with E-state index in [1.54, 1.807) is 0 Å². The van der Waals surface area contributed by atoms with Crippen molar-refractivity contribution in [1.82, 2.24) is 9.80 Å². The highest BCUT2D eigenvalue weighted by atomic mass is 15.2. The Morgan fingerprint density at radius 2 is 1.90 bits per heavy atom. The Labute approximate surface area is 130 Å². The lowest BCUT2D eigenvalue weighted by molar-refractivity contribution is 0.130. The van der Waals surface area contributed by atoms with Gasteiger partial charge in [-0.3, -0.25) is 4.90 Å². The molecule has 1 fully saturated rings. The van der Waals surface area contributed by atoms with Gasteiger partial charge in [0.25, 0.3) is 0 Å². The zero-order valence-electron chi connectivity index (χ0n) is 14.0. The normalized spacial score (nSPS) is 18.2. The molecule has 1 aliphatic rings. The Morgan fingerprint density at radius 1 is 1.24 bits per heavy atom. The van der Waals surface area contributed by atoms with Gasteiger partial charge in [-0.2, -0.15) is 0 Å². The van der Waals surface area contributed by atoms with Gasteiger partial charge in [-0.1, -0.05) is 31.2 Å². The lowest BCUT2D eigenvalue weighted by Gasteiger charge is -2.37. The second-order valence-electron chi connectivity index (χ2n) is 6.60. The van der Waals surface area contributed by atoms with Crippen LogP contribution in [0.3, 0.4) is 0 Å². The number of hydrogen-bond donors (Lipinski definition) is 1. The number of likely N-dealkylation sites (N-methyl/N-ethyl adjacent to an activating group) is 2. The third-order valence-electron chi connectivity index (χ3n) is 4.56. The highest BCUT2D eigenvalue weighted by Crippen LogP contribution is 2.43. The molecule has 1 aromatic carbocycles. The molecular weight excluding hydrogens is 258 g/mol. The summed E-state index contributed by atoms with van der Waals surface area (Å²) in [6.45, 7) is 7.35. The number of hydrogen-bond acceptors (Lipinski definition) is 3. The minimum atomic E-state index is 0.335. The molecule has 0 saturated heterocycles. The summed E-state index contributed by atoms with van der Waals surface area (Å²) < 4.78 is 0. The molecule has 2 atom stereocenters. The molecule has 1 aromatic rings. The first-order valence-electron chi connectivity index (χ1n) is 8.27. The van der Waals surface area contributed by atoms with E-state index in [9.17, 15) is 0 Å². The molecule has 1 aliphatic carbocycles. The fraction of sp³-hybridized carbons (Fsp3) is 0.667. The Bertz CT molecular complexity index is 440. The Morgan fingerprint density at radius 3 is 2.43 bits per heavy atom. The number of rotatable bonds is 8. The van der Waals surface area contributed by atoms with Crippen molar-refractivity contribution >= 4 is 0 Å². The van der Waals surface area contributed by atoms with E-state index in [0.29, 0.717) is 18.6 Å². The van der Waals surface area contributed by atoms with Crippen molar-refractivity contribution < 1.29 is 0 Å². The zero-order valence-corrected chi connectivity index (χ0v) is 14.0. The first-order valence-corrected chi connectivity index (χ1v) is 8.27. The minimum absolute atomic E-state index is 0.335. The van der Waals surface area contributed by atoms with Crippen molar-refractivity contribution in [3.8, 4) is 0 Å².